The summed E-state index contributed by atoms with van der Waals surface area (Å²) >= 11 is 1.44. The zero-order valence-electron chi connectivity index (χ0n) is 15.7. The lowest BCUT2D eigenvalue weighted by Crippen LogP contribution is -2.47. The molecule has 0 spiro atoms. The second-order valence-corrected chi connectivity index (χ2v) is 7.80. The van der Waals surface area contributed by atoms with E-state index >= 15 is 0 Å². The van der Waals surface area contributed by atoms with E-state index in [1.165, 1.54) is 11.3 Å². The number of aromatic nitrogens is 3. The van der Waals surface area contributed by atoms with E-state index in [9.17, 15) is 4.79 Å². The zero-order chi connectivity index (χ0) is 19.7. The van der Waals surface area contributed by atoms with E-state index in [4.69, 9.17) is 10.5 Å². The average molecular weight is 398 g/mol. The SMILES string of the molecule is Cc1ccc(NC(=O)c2csc3cnc(N[C@@H]4CCOC[C@@H]4N)nc23)nc1C. The maximum Gasteiger partial charge on any atom is 0.259 e. The Kier molecular flexibility index (Phi) is 5.21. The molecule has 4 N–H and O–H groups in total. The number of hydrogen-bond donors (Lipinski definition) is 3. The predicted molar refractivity (Wildman–Crippen MR) is 110 cm³/mol. The van der Waals surface area contributed by atoms with Gasteiger partial charge in [-0.2, -0.15) is 0 Å². The third-order valence-corrected chi connectivity index (χ3v) is 5.77. The predicted octanol–water partition coefficient (Wildman–Crippen LogP) is 2.48. The van der Waals surface area contributed by atoms with E-state index in [-0.39, 0.29) is 18.0 Å². The van der Waals surface area contributed by atoms with Crippen molar-refractivity contribution in [1.29, 1.82) is 0 Å². The molecule has 1 amide bonds. The Balaban J connectivity index is 1.56. The molecule has 1 aliphatic heterocycles. The van der Waals surface area contributed by atoms with Gasteiger partial charge in [0.05, 0.1) is 28.6 Å². The summed E-state index contributed by atoms with van der Waals surface area (Å²) < 4.78 is 6.21. The summed E-state index contributed by atoms with van der Waals surface area (Å²) in [7, 11) is 0. The number of thiophene rings is 1. The molecule has 8 nitrogen and oxygen atoms in total. The van der Waals surface area contributed by atoms with Crippen LogP contribution in [-0.2, 0) is 4.74 Å². The molecule has 0 aliphatic carbocycles. The van der Waals surface area contributed by atoms with Gasteiger partial charge in [-0.05, 0) is 31.9 Å². The van der Waals surface area contributed by atoms with Crippen LogP contribution in [0.25, 0.3) is 10.2 Å². The van der Waals surface area contributed by atoms with E-state index in [2.05, 4.69) is 25.6 Å². The molecule has 146 valence electrons. The van der Waals surface area contributed by atoms with Gasteiger partial charge in [-0.15, -0.1) is 11.3 Å². The van der Waals surface area contributed by atoms with Crippen LogP contribution in [0.2, 0.25) is 0 Å². The van der Waals surface area contributed by atoms with Gasteiger partial charge in [0.2, 0.25) is 5.95 Å². The minimum Gasteiger partial charge on any atom is -0.380 e. The Morgan fingerprint density at radius 3 is 2.96 bits per heavy atom. The number of ether oxygens (including phenoxy) is 1. The summed E-state index contributed by atoms with van der Waals surface area (Å²) in [6, 6.07) is 3.66. The second-order valence-electron chi connectivity index (χ2n) is 6.89. The van der Waals surface area contributed by atoms with Crippen LogP contribution in [0.15, 0.2) is 23.7 Å². The van der Waals surface area contributed by atoms with E-state index in [0.29, 0.717) is 36.1 Å². The minimum absolute atomic E-state index is 0.0434. The minimum atomic E-state index is -0.241. The molecule has 1 saturated heterocycles. The highest BCUT2D eigenvalue weighted by Crippen LogP contribution is 2.26. The molecule has 9 heteroatoms. The standard InChI is InChI=1S/C19H22N6O2S/c1-10-3-4-16(22-11(10)2)24-18(26)12-9-28-15-7-21-19(25-17(12)15)23-14-5-6-27-8-13(14)20/h3-4,7,9,13-14H,5-6,8,20H2,1-2H3,(H,21,23,25)(H,22,24,26)/t13-,14+/m0/s1. The van der Waals surface area contributed by atoms with Gasteiger partial charge in [0, 0.05) is 29.8 Å². The number of fused-ring (bicyclic) bond motifs is 1. The van der Waals surface area contributed by atoms with Crippen LogP contribution < -0.4 is 16.4 Å². The highest BCUT2D eigenvalue weighted by Gasteiger charge is 2.23. The van der Waals surface area contributed by atoms with Gasteiger partial charge in [0.15, 0.2) is 0 Å². The summed E-state index contributed by atoms with van der Waals surface area (Å²) in [5, 5.41) is 7.92. The highest BCUT2D eigenvalue weighted by atomic mass is 32.1. The smallest absolute Gasteiger partial charge is 0.259 e. The fourth-order valence-corrected chi connectivity index (χ4v) is 3.89. The third-order valence-electron chi connectivity index (χ3n) is 4.87. The largest absolute Gasteiger partial charge is 0.380 e. The quantitative estimate of drug-likeness (QED) is 0.618. The molecule has 1 fully saturated rings. The maximum absolute atomic E-state index is 12.8. The summed E-state index contributed by atoms with van der Waals surface area (Å²) in [5.41, 5.74) is 9.17. The van der Waals surface area contributed by atoms with Crippen LogP contribution in [0, 0.1) is 13.8 Å². The summed E-state index contributed by atoms with van der Waals surface area (Å²) in [5.74, 6) is 0.744. The number of nitrogens with one attached hydrogen (secondary N) is 2. The molecule has 3 aromatic heterocycles. The fraction of sp³-hybridized carbons (Fsp3) is 0.368. The number of hydrogen-bond acceptors (Lipinski definition) is 8. The van der Waals surface area contributed by atoms with Gasteiger partial charge in [-0.1, -0.05) is 6.07 Å². The first-order valence-electron chi connectivity index (χ1n) is 9.11. The van der Waals surface area contributed by atoms with Crippen LogP contribution in [0.3, 0.4) is 0 Å². The van der Waals surface area contributed by atoms with Crippen molar-refractivity contribution < 1.29 is 9.53 Å². The molecular formula is C19H22N6O2S. The maximum atomic E-state index is 12.8. The number of nitrogens with two attached hydrogens (primary N) is 1. The van der Waals surface area contributed by atoms with Crippen LogP contribution in [-0.4, -0.2) is 46.2 Å². The molecule has 3 aromatic rings. The zero-order valence-corrected chi connectivity index (χ0v) is 16.5. The Hall–Kier alpha value is -2.62. The first-order chi connectivity index (χ1) is 13.5. The topological polar surface area (TPSA) is 115 Å². The summed E-state index contributed by atoms with van der Waals surface area (Å²) in [4.78, 5) is 26.1. The van der Waals surface area contributed by atoms with Gasteiger partial charge in [0.25, 0.3) is 5.91 Å². The number of amides is 1. The monoisotopic (exact) mass is 398 g/mol. The first-order valence-corrected chi connectivity index (χ1v) is 9.99. The van der Waals surface area contributed by atoms with Crippen molar-refractivity contribution in [2.75, 3.05) is 23.8 Å². The van der Waals surface area contributed by atoms with E-state index in [1.807, 2.05) is 19.9 Å². The number of aryl methyl sites for hydroxylation is 2. The van der Waals surface area contributed by atoms with E-state index in [1.54, 1.807) is 17.6 Å². The van der Waals surface area contributed by atoms with E-state index in [0.717, 1.165) is 22.4 Å². The Bertz CT molecular complexity index is 1020. The summed E-state index contributed by atoms with van der Waals surface area (Å²) in [6.45, 7) is 5.06. The van der Waals surface area contributed by atoms with Crippen molar-refractivity contribution in [3.63, 3.8) is 0 Å². The molecule has 0 bridgehead atoms. The van der Waals surface area contributed by atoms with Crippen molar-refractivity contribution in [2.24, 2.45) is 5.73 Å². The highest BCUT2D eigenvalue weighted by molar-refractivity contribution is 7.17. The normalized spacial score (nSPS) is 19.5. The number of nitrogens with zero attached hydrogens (tertiary/aromatic N) is 3. The van der Waals surface area contributed by atoms with Crippen molar-refractivity contribution in [3.05, 3.63) is 40.5 Å². The van der Waals surface area contributed by atoms with Gasteiger partial charge >= 0.3 is 0 Å². The molecule has 0 unspecified atom stereocenters. The molecule has 4 heterocycles. The fourth-order valence-electron chi connectivity index (χ4n) is 3.05. The average Bonchev–Trinajstić information content (AvgIpc) is 3.10. The Labute approximate surface area is 166 Å². The molecule has 28 heavy (non-hydrogen) atoms. The number of pyridine rings is 1. The molecule has 2 atom stereocenters. The number of anilines is 2. The van der Waals surface area contributed by atoms with E-state index < -0.39 is 0 Å². The van der Waals surface area contributed by atoms with Crippen molar-refractivity contribution in [2.45, 2.75) is 32.4 Å². The van der Waals surface area contributed by atoms with Crippen LogP contribution in [0.4, 0.5) is 11.8 Å². The Morgan fingerprint density at radius 2 is 2.18 bits per heavy atom. The van der Waals surface area contributed by atoms with Crippen LogP contribution >= 0.6 is 11.3 Å². The van der Waals surface area contributed by atoms with Gasteiger partial charge in [-0.3, -0.25) is 4.79 Å². The number of carbonyl (C=O) groups excluding carboxylic acids is 1. The van der Waals surface area contributed by atoms with Gasteiger partial charge in [-0.25, -0.2) is 15.0 Å². The first kappa shape index (κ1) is 18.7. The van der Waals surface area contributed by atoms with Gasteiger partial charge < -0.3 is 21.1 Å². The van der Waals surface area contributed by atoms with Gasteiger partial charge in [0.1, 0.15) is 5.82 Å². The molecule has 0 saturated carbocycles. The van der Waals surface area contributed by atoms with Crippen molar-refractivity contribution in [3.8, 4) is 0 Å². The lowest BCUT2D eigenvalue weighted by Gasteiger charge is -2.29. The molecule has 4 rings (SSSR count). The van der Waals surface area contributed by atoms with Crippen LogP contribution in [0.5, 0.6) is 0 Å². The molecule has 0 aromatic carbocycles. The number of rotatable bonds is 4. The lowest BCUT2D eigenvalue weighted by atomic mass is 10.1. The number of carbonyl (C=O) groups is 1. The summed E-state index contributed by atoms with van der Waals surface area (Å²) in [6.07, 6.45) is 2.52. The lowest BCUT2D eigenvalue weighted by molar-refractivity contribution is 0.0751. The Morgan fingerprint density at radius 1 is 1.32 bits per heavy atom. The molecular weight excluding hydrogens is 376 g/mol. The van der Waals surface area contributed by atoms with Crippen molar-refractivity contribution in [1.82, 2.24) is 15.0 Å². The van der Waals surface area contributed by atoms with Crippen LogP contribution in [0.1, 0.15) is 28.0 Å². The second kappa shape index (κ2) is 7.78. The third kappa shape index (κ3) is 3.82. The molecule has 1 aliphatic rings. The molecule has 0 radical (unpaired) electrons. The van der Waals surface area contributed by atoms with Crippen molar-refractivity contribution >= 4 is 39.2 Å².